The first-order chi connectivity index (χ1) is 11.6. The summed E-state index contributed by atoms with van der Waals surface area (Å²) >= 11 is 6.11. The van der Waals surface area contributed by atoms with E-state index in [0.29, 0.717) is 23.0 Å². The Bertz CT molecular complexity index is 849. The first kappa shape index (κ1) is 15.5. The molecule has 1 saturated carbocycles. The summed E-state index contributed by atoms with van der Waals surface area (Å²) in [5.41, 5.74) is 0.804. The van der Waals surface area contributed by atoms with Crippen LogP contribution in [0.3, 0.4) is 0 Å². The molecule has 3 aromatic heterocycles. The number of hydrogen-bond acceptors (Lipinski definition) is 6. The molecular formula is C16H19ClN6O. The van der Waals surface area contributed by atoms with Gasteiger partial charge in [0.15, 0.2) is 11.5 Å². The van der Waals surface area contributed by atoms with Crippen molar-refractivity contribution in [2.24, 2.45) is 0 Å². The van der Waals surface area contributed by atoms with Gasteiger partial charge in [-0.25, -0.2) is 14.6 Å². The van der Waals surface area contributed by atoms with E-state index in [1.165, 1.54) is 6.33 Å². The van der Waals surface area contributed by atoms with Crippen LogP contribution < -0.4 is 0 Å². The number of fused-ring (bicyclic) bond motifs is 1. The Morgan fingerprint density at radius 1 is 1.21 bits per heavy atom. The molecule has 4 rings (SSSR count). The van der Waals surface area contributed by atoms with E-state index in [4.69, 9.17) is 16.1 Å². The van der Waals surface area contributed by atoms with E-state index < -0.39 is 0 Å². The Morgan fingerprint density at radius 3 is 2.71 bits per heavy atom. The molecule has 0 unspecified atom stereocenters. The van der Waals surface area contributed by atoms with Crippen LogP contribution in [0.2, 0.25) is 5.15 Å². The van der Waals surface area contributed by atoms with Crippen molar-refractivity contribution in [1.29, 1.82) is 0 Å². The third kappa shape index (κ3) is 2.66. The molecule has 1 aliphatic rings. The summed E-state index contributed by atoms with van der Waals surface area (Å²) in [5.74, 6) is 2.18. The molecule has 0 amide bonds. The maximum atomic E-state index is 6.11. The van der Waals surface area contributed by atoms with Crippen molar-refractivity contribution < 1.29 is 4.52 Å². The Labute approximate surface area is 144 Å². The minimum atomic E-state index is 0.290. The monoisotopic (exact) mass is 346 g/mol. The van der Waals surface area contributed by atoms with Crippen molar-refractivity contribution in [3.05, 3.63) is 29.4 Å². The first-order valence-electron chi connectivity index (χ1n) is 8.30. The van der Waals surface area contributed by atoms with Crippen LogP contribution in [0.4, 0.5) is 0 Å². The number of hydrogen-bond donors (Lipinski definition) is 0. The lowest BCUT2D eigenvalue weighted by Crippen LogP contribution is -2.18. The summed E-state index contributed by atoms with van der Waals surface area (Å²) in [5, 5.41) is 9.81. The highest BCUT2D eigenvalue weighted by Gasteiger charge is 2.29. The molecule has 0 N–H and O–H groups in total. The predicted octanol–water partition coefficient (Wildman–Crippen LogP) is 3.89. The smallest absolute Gasteiger partial charge is 0.229 e. The second-order valence-corrected chi connectivity index (χ2v) is 7.00. The zero-order valence-electron chi connectivity index (χ0n) is 13.7. The van der Waals surface area contributed by atoms with Crippen molar-refractivity contribution in [3.63, 3.8) is 0 Å². The zero-order valence-corrected chi connectivity index (χ0v) is 14.4. The molecule has 1 fully saturated rings. The van der Waals surface area contributed by atoms with Gasteiger partial charge < -0.3 is 4.52 Å². The predicted molar refractivity (Wildman–Crippen MR) is 89.0 cm³/mol. The third-order valence-electron chi connectivity index (χ3n) is 4.71. The van der Waals surface area contributed by atoms with Crippen LogP contribution in [0.1, 0.15) is 69.1 Å². The summed E-state index contributed by atoms with van der Waals surface area (Å²) < 4.78 is 7.43. The fraction of sp³-hybridized carbons (Fsp3) is 0.562. The van der Waals surface area contributed by atoms with Crippen LogP contribution in [0, 0.1) is 0 Å². The fourth-order valence-electron chi connectivity index (χ4n) is 3.32. The van der Waals surface area contributed by atoms with Crippen LogP contribution >= 0.6 is 11.6 Å². The number of nitrogens with zero attached hydrogens (tertiary/aromatic N) is 6. The largest absolute Gasteiger partial charge is 0.339 e. The average molecular weight is 347 g/mol. The SMILES string of the molecule is CC(C)c1noc([C@H]2CC[C@@H](n3ncc4c(Cl)ncnc43)CC2)n1. The first-order valence-corrected chi connectivity index (χ1v) is 8.68. The van der Waals surface area contributed by atoms with Crippen molar-refractivity contribution in [3.8, 4) is 0 Å². The highest BCUT2D eigenvalue weighted by molar-refractivity contribution is 6.33. The second kappa shape index (κ2) is 6.12. The van der Waals surface area contributed by atoms with E-state index in [0.717, 1.165) is 48.4 Å². The molecule has 8 heteroatoms. The minimum absolute atomic E-state index is 0.290. The highest BCUT2D eigenvalue weighted by atomic mass is 35.5. The van der Waals surface area contributed by atoms with Crippen molar-refractivity contribution >= 4 is 22.6 Å². The molecule has 0 atom stereocenters. The number of rotatable bonds is 3. The normalized spacial score (nSPS) is 21.7. The lowest BCUT2D eigenvalue weighted by atomic mass is 9.86. The van der Waals surface area contributed by atoms with Gasteiger partial charge in [0.2, 0.25) is 5.89 Å². The van der Waals surface area contributed by atoms with Crippen molar-refractivity contribution in [1.82, 2.24) is 29.9 Å². The fourth-order valence-corrected chi connectivity index (χ4v) is 3.49. The molecule has 0 spiro atoms. The summed E-state index contributed by atoms with van der Waals surface area (Å²) in [6.45, 7) is 4.14. The maximum Gasteiger partial charge on any atom is 0.229 e. The molecular weight excluding hydrogens is 328 g/mol. The lowest BCUT2D eigenvalue weighted by molar-refractivity contribution is 0.263. The molecule has 126 valence electrons. The summed E-state index contributed by atoms with van der Waals surface area (Å²) in [6, 6.07) is 0.317. The van der Waals surface area contributed by atoms with Crippen LogP contribution in [0.5, 0.6) is 0 Å². The third-order valence-corrected chi connectivity index (χ3v) is 5.01. The Hall–Kier alpha value is -2.02. The molecule has 0 aliphatic heterocycles. The van der Waals surface area contributed by atoms with Gasteiger partial charge in [0.1, 0.15) is 11.5 Å². The van der Waals surface area contributed by atoms with Crippen LogP contribution in [0.15, 0.2) is 17.0 Å². The molecule has 3 aromatic rings. The molecule has 0 saturated heterocycles. The van der Waals surface area contributed by atoms with Gasteiger partial charge in [-0.2, -0.15) is 10.1 Å². The maximum absolute atomic E-state index is 6.11. The van der Waals surface area contributed by atoms with Crippen LogP contribution in [-0.4, -0.2) is 29.9 Å². The Kier molecular flexibility index (Phi) is 3.96. The van der Waals surface area contributed by atoms with Gasteiger partial charge in [-0.15, -0.1) is 0 Å². The van der Waals surface area contributed by atoms with E-state index in [1.54, 1.807) is 6.20 Å². The molecule has 0 aromatic carbocycles. The summed E-state index contributed by atoms with van der Waals surface area (Å²) in [6.07, 6.45) is 7.25. The molecule has 1 aliphatic carbocycles. The highest BCUT2D eigenvalue weighted by Crippen LogP contribution is 2.38. The van der Waals surface area contributed by atoms with E-state index in [-0.39, 0.29) is 0 Å². The molecule has 24 heavy (non-hydrogen) atoms. The van der Waals surface area contributed by atoms with E-state index in [1.807, 2.05) is 4.68 Å². The average Bonchev–Trinajstić information content (AvgIpc) is 3.23. The van der Waals surface area contributed by atoms with Gasteiger partial charge in [-0.05, 0) is 25.7 Å². The standard InChI is InChI=1S/C16H19ClN6O/c1-9(2)14-21-16(24-22-14)10-3-5-11(6-4-10)23-15-12(7-20-23)13(17)18-8-19-15/h7-11H,3-6H2,1-2H3/t10-,11+. The Balaban J connectivity index is 1.50. The summed E-state index contributed by atoms with van der Waals surface area (Å²) in [4.78, 5) is 12.9. The van der Waals surface area contributed by atoms with E-state index in [9.17, 15) is 0 Å². The molecule has 7 nitrogen and oxygen atoms in total. The van der Waals surface area contributed by atoms with Crippen molar-refractivity contribution in [2.45, 2.75) is 57.4 Å². The van der Waals surface area contributed by atoms with Gasteiger partial charge in [-0.1, -0.05) is 30.6 Å². The molecule has 0 radical (unpaired) electrons. The second-order valence-electron chi connectivity index (χ2n) is 6.64. The lowest BCUT2D eigenvalue weighted by Gasteiger charge is -2.26. The summed E-state index contributed by atoms with van der Waals surface area (Å²) in [7, 11) is 0. The van der Waals surface area contributed by atoms with Crippen LogP contribution in [-0.2, 0) is 0 Å². The van der Waals surface area contributed by atoms with Gasteiger partial charge in [-0.3, -0.25) is 0 Å². The minimum Gasteiger partial charge on any atom is -0.339 e. The number of halogens is 1. The van der Waals surface area contributed by atoms with Gasteiger partial charge in [0, 0.05) is 11.8 Å². The topological polar surface area (TPSA) is 82.5 Å². The Morgan fingerprint density at radius 2 is 2.00 bits per heavy atom. The van der Waals surface area contributed by atoms with E-state index >= 15 is 0 Å². The number of aromatic nitrogens is 6. The quantitative estimate of drug-likeness (QED) is 0.669. The van der Waals surface area contributed by atoms with Gasteiger partial charge >= 0.3 is 0 Å². The molecule has 3 heterocycles. The van der Waals surface area contributed by atoms with Crippen molar-refractivity contribution in [2.75, 3.05) is 0 Å². The van der Waals surface area contributed by atoms with Gasteiger partial charge in [0.25, 0.3) is 0 Å². The van der Waals surface area contributed by atoms with Gasteiger partial charge in [0.05, 0.1) is 17.6 Å². The molecule has 0 bridgehead atoms. The zero-order chi connectivity index (χ0) is 16.7. The van der Waals surface area contributed by atoms with E-state index in [2.05, 4.69) is 39.1 Å². The van der Waals surface area contributed by atoms with Crippen LogP contribution in [0.25, 0.3) is 11.0 Å².